The summed E-state index contributed by atoms with van der Waals surface area (Å²) in [6.07, 6.45) is 4.16. The lowest BCUT2D eigenvalue weighted by Gasteiger charge is -2.03. The molecule has 4 aromatic rings. The molecule has 0 saturated heterocycles. The normalized spacial score (nSPS) is 11.1. The highest BCUT2D eigenvalue weighted by molar-refractivity contribution is 9.10. The maximum absolute atomic E-state index is 5.21. The molecule has 0 unspecified atom stereocenters. The van der Waals surface area contributed by atoms with Crippen LogP contribution in [0.1, 0.15) is 0 Å². The highest BCUT2D eigenvalue weighted by Crippen LogP contribution is 2.27. The van der Waals surface area contributed by atoms with Gasteiger partial charge < -0.3 is 9.30 Å². The van der Waals surface area contributed by atoms with E-state index in [0.29, 0.717) is 0 Å². The minimum absolute atomic E-state index is 0.847. The number of nitrogens with zero attached hydrogens (tertiary/aromatic N) is 3. The molecule has 2 aromatic heterocycles. The number of aromatic nitrogens is 3. The molecule has 120 valence electrons. The minimum atomic E-state index is 0.847. The minimum Gasteiger partial charge on any atom is -0.497 e. The summed E-state index contributed by atoms with van der Waals surface area (Å²) in [6, 6.07) is 16.2. The van der Waals surface area contributed by atoms with Crippen LogP contribution >= 0.6 is 15.9 Å². The number of imidazole rings is 2. The van der Waals surface area contributed by atoms with Crippen LogP contribution in [0.2, 0.25) is 0 Å². The highest BCUT2D eigenvalue weighted by atomic mass is 79.9. The monoisotopic (exact) mass is 381 g/mol. The van der Waals surface area contributed by atoms with Crippen LogP contribution in [-0.2, 0) is 7.05 Å². The van der Waals surface area contributed by atoms with E-state index in [-0.39, 0.29) is 0 Å². The van der Waals surface area contributed by atoms with Crippen molar-refractivity contribution < 1.29 is 4.74 Å². The number of methoxy groups -OCH3 is 1. The van der Waals surface area contributed by atoms with Gasteiger partial charge in [-0.3, -0.25) is 4.40 Å². The molecule has 5 heteroatoms. The van der Waals surface area contributed by atoms with Crippen LogP contribution in [0.4, 0.5) is 0 Å². The summed E-state index contributed by atoms with van der Waals surface area (Å²) in [7, 11) is 3.71. The average molecular weight is 382 g/mol. The van der Waals surface area contributed by atoms with E-state index in [1.807, 2.05) is 43.4 Å². The Bertz CT molecular complexity index is 998. The molecule has 0 saturated carbocycles. The van der Waals surface area contributed by atoms with E-state index in [2.05, 4.69) is 49.4 Å². The Kier molecular flexibility index (Phi) is 3.65. The molecule has 0 bridgehead atoms. The number of fused-ring (bicyclic) bond motifs is 1. The Morgan fingerprint density at radius 1 is 0.917 bits per heavy atom. The van der Waals surface area contributed by atoms with E-state index >= 15 is 0 Å². The topological polar surface area (TPSA) is 31.5 Å². The second-order valence-electron chi connectivity index (χ2n) is 5.64. The smallest absolute Gasteiger partial charge is 0.214 e. The van der Waals surface area contributed by atoms with Gasteiger partial charge in [-0.2, -0.15) is 0 Å². The molecule has 24 heavy (non-hydrogen) atoms. The molecule has 0 aliphatic carbocycles. The lowest BCUT2D eigenvalue weighted by molar-refractivity contribution is 0.415. The fourth-order valence-electron chi connectivity index (χ4n) is 2.84. The van der Waals surface area contributed by atoms with E-state index in [4.69, 9.17) is 9.72 Å². The van der Waals surface area contributed by atoms with Crippen LogP contribution in [0.5, 0.6) is 5.75 Å². The highest BCUT2D eigenvalue weighted by Gasteiger charge is 2.12. The van der Waals surface area contributed by atoms with Crippen molar-refractivity contribution in [3.8, 4) is 28.3 Å². The first-order valence-electron chi connectivity index (χ1n) is 7.60. The maximum Gasteiger partial charge on any atom is 0.214 e. The quantitative estimate of drug-likeness (QED) is 0.511. The van der Waals surface area contributed by atoms with Gasteiger partial charge in [-0.25, -0.2) is 4.98 Å². The fourth-order valence-corrected chi connectivity index (χ4v) is 3.11. The molecule has 0 aliphatic rings. The molecular formula is C19H16BrN3O. The number of halogens is 1. The van der Waals surface area contributed by atoms with Crippen molar-refractivity contribution in [1.29, 1.82) is 0 Å². The number of hydrogen-bond donors (Lipinski definition) is 0. The number of hydrogen-bond acceptors (Lipinski definition) is 2. The van der Waals surface area contributed by atoms with Crippen LogP contribution in [-0.4, -0.2) is 21.1 Å². The van der Waals surface area contributed by atoms with E-state index in [1.165, 1.54) is 0 Å². The molecule has 0 aliphatic heterocycles. The van der Waals surface area contributed by atoms with Gasteiger partial charge in [-0.1, -0.05) is 28.1 Å². The van der Waals surface area contributed by atoms with E-state index in [1.54, 1.807) is 7.11 Å². The molecule has 2 aromatic carbocycles. The summed E-state index contributed by atoms with van der Waals surface area (Å²) in [4.78, 5) is 4.78. The molecule has 4 nitrogen and oxygen atoms in total. The van der Waals surface area contributed by atoms with Crippen molar-refractivity contribution >= 4 is 21.7 Å². The van der Waals surface area contributed by atoms with Crippen molar-refractivity contribution in [1.82, 2.24) is 14.0 Å². The molecular weight excluding hydrogens is 366 g/mol. The maximum atomic E-state index is 5.21. The Hall–Kier alpha value is -2.53. The SMILES string of the molecule is COc1ccc(-c2cn3cc(-c4ccc(Br)cc4)n(C)c3n2)cc1. The second-order valence-corrected chi connectivity index (χ2v) is 6.56. The predicted octanol–water partition coefficient (Wildman–Crippen LogP) is 4.78. The van der Waals surface area contributed by atoms with Crippen LogP contribution < -0.4 is 4.74 Å². The summed E-state index contributed by atoms with van der Waals surface area (Å²) >= 11 is 3.48. The van der Waals surface area contributed by atoms with Crippen molar-refractivity contribution in [2.75, 3.05) is 7.11 Å². The zero-order chi connectivity index (χ0) is 16.7. The van der Waals surface area contributed by atoms with Crippen LogP contribution in [0.3, 0.4) is 0 Å². The van der Waals surface area contributed by atoms with Gasteiger partial charge in [-0.05, 0) is 42.0 Å². The average Bonchev–Trinajstić information content (AvgIpc) is 3.16. The lowest BCUT2D eigenvalue weighted by Crippen LogP contribution is -1.92. The fraction of sp³-hybridized carbons (Fsp3) is 0.105. The first kappa shape index (κ1) is 15.0. The van der Waals surface area contributed by atoms with Crippen molar-refractivity contribution in [2.45, 2.75) is 0 Å². The third-order valence-electron chi connectivity index (χ3n) is 4.16. The van der Waals surface area contributed by atoms with Crippen LogP contribution in [0, 0.1) is 0 Å². The Morgan fingerprint density at radius 3 is 2.21 bits per heavy atom. The first-order chi connectivity index (χ1) is 11.7. The predicted molar refractivity (Wildman–Crippen MR) is 99.3 cm³/mol. The summed E-state index contributed by atoms with van der Waals surface area (Å²) in [5.41, 5.74) is 4.32. The Balaban J connectivity index is 1.75. The number of ether oxygens (including phenoxy) is 1. The molecule has 0 N–H and O–H groups in total. The van der Waals surface area contributed by atoms with Crippen molar-refractivity contribution in [3.63, 3.8) is 0 Å². The summed E-state index contributed by atoms with van der Waals surface area (Å²) < 4.78 is 10.5. The van der Waals surface area contributed by atoms with E-state index < -0.39 is 0 Å². The van der Waals surface area contributed by atoms with Gasteiger partial charge in [0.05, 0.1) is 18.5 Å². The van der Waals surface area contributed by atoms with Gasteiger partial charge in [0.15, 0.2) is 0 Å². The van der Waals surface area contributed by atoms with Gasteiger partial charge >= 0.3 is 0 Å². The third-order valence-corrected chi connectivity index (χ3v) is 4.69. The van der Waals surface area contributed by atoms with E-state index in [0.717, 1.165) is 38.5 Å². The molecule has 0 fully saturated rings. The lowest BCUT2D eigenvalue weighted by atomic mass is 10.1. The van der Waals surface area contributed by atoms with Crippen LogP contribution in [0.25, 0.3) is 28.3 Å². The summed E-state index contributed by atoms with van der Waals surface area (Å²) in [5, 5.41) is 0. The van der Waals surface area contributed by atoms with Gasteiger partial charge in [0.2, 0.25) is 5.78 Å². The molecule has 0 spiro atoms. The third kappa shape index (κ3) is 2.51. The molecule has 0 amide bonds. The Labute approximate surface area is 148 Å². The standard InChI is InChI=1S/C19H16BrN3O/c1-22-18(14-3-7-15(20)8-4-14)12-23-11-17(21-19(22)23)13-5-9-16(24-2)10-6-13/h3-12H,1-2H3. The first-order valence-corrected chi connectivity index (χ1v) is 8.40. The zero-order valence-corrected chi connectivity index (χ0v) is 15.0. The molecule has 0 atom stereocenters. The molecule has 4 rings (SSSR count). The number of aryl methyl sites for hydroxylation is 1. The van der Waals surface area contributed by atoms with Crippen LogP contribution in [0.15, 0.2) is 65.4 Å². The van der Waals surface area contributed by atoms with Gasteiger partial charge in [0.1, 0.15) is 5.75 Å². The second kappa shape index (κ2) is 5.83. The number of benzene rings is 2. The van der Waals surface area contributed by atoms with Crippen molar-refractivity contribution in [2.24, 2.45) is 7.05 Å². The largest absolute Gasteiger partial charge is 0.497 e. The molecule has 0 radical (unpaired) electrons. The Morgan fingerprint density at radius 2 is 1.58 bits per heavy atom. The number of rotatable bonds is 3. The van der Waals surface area contributed by atoms with E-state index in [9.17, 15) is 0 Å². The zero-order valence-electron chi connectivity index (χ0n) is 13.4. The summed E-state index contributed by atoms with van der Waals surface area (Å²) in [6.45, 7) is 0. The van der Waals surface area contributed by atoms with Gasteiger partial charge in [-0.15, -0.1) is 0 Å². The summed E-state index contributed by atoms with van der Waals surface area (Å²) in [5.74, 6) is 1.76. The van der Waals surface area contributed by atoms with Gasteiger partial charge in [0.25, 0.3) is 0 Å². The molecule has 2 heterocycles. The van der Waals surface area contributed by atoms with Crippen molar-refractivity contribution in [3.05, 3.63) is 65.4 Å². The van der Waals surface area contributed by atoms with Gasteiger partial charge in [0, 0.05) is 29.5 Å².